The number of primary amides is 1. The first-order valence-corrected chi connectivity index (χ1v) is 6.61. The highest BCUT2D eigenvalue weighted by Gasteiger charge is 2.40. The smallest absolute Gasteiger partial charge is 0.223 e. The fourth-order valence-electron chi connectivity index (χ4n) is 2.77. The number of aromatic nitrogens is 2. The number of carbonyl (C=O) groups excluding carboxylic acids is 2. The molecule has 1 aliphatic heterocycles. The first-order valence-electron chi connectivity index (χ1n) is 6.61. The highest BCUT2D eigenvalue weighted by Crippen LogP contribution is 2.36. The molecule has 2 rings (SSSR count). The Morgan fingerprint density at radius 3 is 2.84 bits per heavy atom. The summed E-state index contributed by atoms with van der Waals surface area (Å²) in [5, 5.41) is 0. The van der Waals surface area contributed by atoms with E-state index in [4.69, 9.17) is 5.73 Å². The molecule has 2 N–H and O–H groups in total. The van der Waals surface area contributed by atoms with Crippen LogP contribution >= 0.6 is 0 Å². The van der Waals surface area contributed by atoms with E-state index >= 15 is 0 Å². The second-order valence-electron chi connectivity index (χ2n) is 5.01. The Hall–Kier alpha value is -1.85. The molecule has 1 aromatic heterocycles. The van der Waals surface area contributed by atoms with E-state index < -0.39 is 0 Å². The molecule has 2 amide bonds. The first-order chi connectivity index (χ1) is 9.06. The van der Waals surface area contributed by atoms with Gasteiger partial charge in [-0.1, -0.05) is 6.92 Å². The van der Waals surface area contributed by atoms with Gasteiger partial charge in [-0.25, -0.2) is 4.98 Å². The molecule has 1 fully saturated rings. The maximum atomic E-state index is 12.1. The van der Waals surface area contributed by atoms with E-state index in [2.05, 4.69) is 4.98 Å². The Bertz CT molecular complexity index is 483. The lowest BCUT2D eigenvalue weighted by molar-refractivity contribution is -0.142. The van der Waals surface area contributed by atoms with Gasteiger partial charge in [0, 0.05) is 20.0 Å². The van der Waals surface area contributed by atoms with Crippen LogP contribution in [-0.4, -0.2) is 32.8 Å². The van der Waals surface area contributed by atoms with Crippen molar-refractivity contribution in [3.05, 3.63) is 18.2 Å². The zero-order valence-electron chi connectivity index (χ0n) is 11.4. The number of imidazole rings is 1. The van der Waals surface area contributed by atoms with E-state index in [1.807, 2.05) is 18.5 Å². The Labute approximate surface area is 112 Å². The lowest BCUT2D eigenvalue weighted by atomic mass is 9.86. The molecule has 2 heterocycles. The van der Waals surface area contributed by atoms with Gasteiger partial charge >= 0.3 is 0 Å². The average molecular weight is 264 g/mol. The molecular weight excluding hydrogens is 244 g/mol. The standard InChI is InChI=1S/C13H20N4O2/c1-3-6-17-11(18)5-4-9(13(14)19)12(17)10-7-15-8-16(10)2/h7-9,12H,3-6H2,1-2H3,(H2,14,19)/t9-,12-/m0/s1. The Morgan fingerprint density at radius 2 is 2.32 bits per heavy atom. The quantitative estimate of drug-likeness (QED) is 0.864. The zero-order chi connectivity index (χ0) is 14.0. The van der Waals surface area contributed by atoms with Crippen LogP contribution in [0.1, 0.15) is 37.9 Å². The molecule has 104 valence electrons. The molecule has 19 heavy (non-hydrogen) atoms. The second-order valence-corrected chi connectivity index (χ2v) is 5.01. The van der Waals surface area contributed by atoms with Gasteiger partial charge in [-0.3, -0.25) is 9.59 Å². The number of piperidine rings is 1. The summed E-state index contributed by atoms with van der Waals surface area (Å²) in [4.78, 5) is 29.7. The van der Waals surface area contributed by atoms with Crippen molar-refractivity contribution in [3.63, 3.8) is 0 Å². The third-order valence-electron chi connectivity index (χ3n) is 3.69. The predicted octanol–water partition coefficient (Wildman–Crippen LogP) is 0.595. The monoisotopic (exact) mass is 264 g/mol. The summed E-state index contributed by atoms with van der Waals surface area (Å²) in [5.41, 5.74) is 6.38. The molecule has 0 spiro atoms. The molecule has 0 saturated carbocycles. The maximum absolute atomic E-state index is 12.1. The van der Waals surface area contributed by atoms with Crippen molar-refractivity contribution in [2.24, 2.45) is 18.7 Å². The van der Waals surface area contributed by atoms with Crippen LogP contribution in [0.4, 0.5) is 0 Å². The topological polar surface area (TPSA) is 81.2 Å². The van der Waals surface area contributed by atoms with E-state index in [0.717, 1.165) is 12.1 Å². The summed E-state index contributed by atoms with van der Waals surface area (Å²) in [6.07, 6.45) is 5.15. The van der Waals surface area contributed by atoms with E-state index in [-0.39, 0.29) is 23.8 Å². The number of rotatable bonds is 4. The highest BCUT2D eigenvalue weighted by atomic mass is 16.2. The van der Waals surface area contributed by atoms with Gasteiger partial charge in [-0.2, -0.15) is 0 Å². The van der Waals surface area contributed by atoms with Crippen LogP contribution in [0.3, 0.4) is 0 Å². The van der Waals surface area contributed by atoms with Crippen LogP contribution in [0.15, 0.2) is 12.5 Å². The molecular formula is C13H20N4O2. The molecule has 0 radical (unpaired) electrons. The van der Waals surface area contributed by atoms with Crippen molar-refractivity contribution in [3.8, 4) is 0 Å². The van der Waals surface area contributed by atoms with E-state index in [1.54, 1.807) is 17.4 Å². The van der Waals surface area contributed by atoms with Gasteiger partial charge in [-0.15, -0.1) is 0 Å². The third-order valence-corrected chi connectivity index (χ3v) is 3.69. The lowest BCUT2D eigenvalue weighted by Gasteiger charge is -2.39. The maximum Gasteiger partial charge on any atom is 0.223 e. The Morgan fingerprint density at radius 1 is 1.58 bits per heavy atom. The molecule has 0 aliphatic carbocycles. The van der Waals surface area contributed by atoms with Crippen molar-refractivity contribution in [2.45, 2.75) is 32.2 Å². The number of nitrogens with two attached hydrogens (primary N) is 1. The number of carbonyl (C=O) groups is 2. The number of hydrogen-bond acceptors (Lipinski definition) is 3. The minimum Gasteiger partial charge on any atom is -0.369 e. The fraction of sp³-hybridized carbons (Fsp3) is 0.615. The van der Waals surface area contributed by atoms with Crippen LogP contribution in [0.25, 0.3) is 0 Å². The molecule has 2 atom stereocenters. The van der Waals surface area contributed by atoms with E-state index in [9.17, 15) is 9.59 Å². The van der Waals surface area contributed by atoms with Crippen molar-refractivity contribution in [1.82, 2.24) is 14.5 Å². The van der Waals surface area contributed by atoms with Crippen LogP contribution in [0.2, 0.25) is 0 Å². The van der Waals surface area contributed by atoms with Crippen molar-refractivity contribution >= 4 is 11.8 Å². The van der Waals surface area contributed by atoms with Crippen molar-refractivity contribution in [2.75, 3.05) is 6.54 Å². The number of aryl methyl sites for hydroxylation is 1. The summed E-state index contributed by atoms with van der Waals surface area (Å²) in [5.74, 6) is -0.593. The zero-order valence-corrected chi connectivity index (χ0v) is 11.4. The SMILES string of the molecule is CCCN1C(=O)CC[C@H](C(N)=O)[C@H]1c1cncn1C. The van der Waals surface area contributed by atoms with Gasteiger partial charge in [-0.05, 0) is 12.8 Å². The molecule has 1 saturated heterocycles. The number of likely N-dealkylation sites (tertiary alicyclic amines) is 1. The summed E-state index contributed by atoms with van der Waals surface area (Å²) in [6.45, 7) is 2.65. The number of nitrogens with zero attached hydrogens (tertiary/aromatic N) is 3. The van der Waals surface area contributed by atoms with E-state index in [0.29, 0.717) is 19.4 Å². The average Bonchev–Trinajstić information content (AvgIpc) is 2.77. The minimum atomic E-state index is -0.347. The van der Waals surface area contributed by atoms with Crippen molar-refractivity contribution in [1.29, 1.82) is 0 Å². The normalized spacial score (nSPS) is 23.7. The van der Waals surface area contributed by atoms with Crippen LogP contribution in [0, 0.1) is 5.92 Å². The molecule has 1 aromatic rings. The van der Waals surface area contributed by atoms with Crippen LogP contribution in [-0.2, 0) is 16.6 Å². The summed E-state index contributed by atoms with van der Waals surface area (Å²) < 4.78 is 1.85. The lowest BCUT2D eigenvalue weighted by Crippen LogP contribution is -2.47. The summed E-state index contributed by atoms with van der Waals surface area (Å²) in [7, 11) is 1.86. The first kappa shape index (κ1) is 13.6. The molecule has 6 nitrogen and oxygen atoms in total. The molecule has 1 aliphatic rings. The van der Waals surface area contributed by atoms with Gasteiger partial charge in [0.25, 0.3) is 0 Å². The van der Waals surface area contributed by atoms with Gasteiger partial charge in [0.2, 0.25) is 11.8 Å². The Kier molecular flexibility index (Phi) is 3.87. The van der Waals surface area contributed by atoms with Crippen molar-refractivity contribution < 1.29 is 9.59 Å². The second kappa shape index (κ2) is 5.42. The fourth-order valence-corrected chi connectivity index (χ4v) is 2.77. The number of hydrogen-bond donors (Lipinski definition) is 1. The molecule has 0 aromatic carbocycles. The van der Waals surface area contributed by atoms with Crippen LogP contribution in [0.5, 0.6) is 0 Å². The summed E-state index contributed by atoms with van der Waals surface area (Å²) in [6, 6.07) is -0.286. The number of amides is 2. The van der Waals surface area contributed by atoms with Gasteiger partial charge < -0.3 is 15.2 Å². The molecule has 0 unspecified atom stereocenters. The molecule has 6 heteroatoms. The third kappa shape index (κ3) is 2.47. The molecule has 0 bridgehead atoms. The summed E-state index contributed by atoms with van der Waals surface area (Å²) >= 11 is 0. The predicted molar refractivity (Wildman–Crippen MR) is 69.9 cm³/mol. The minimum absolute atomic E-state index is 0.0885. The van der Waals surface area contributed by atoms with Crippen LogP contribution < -0.4 is 5.73 Å². The largest absolute Gasteiger partial charge is 0.369 e. The highest BCUT2D eigenvalue weighted by molar-refractivity contribution is 5.84. The Balaban J connectivity index is 2.41. The van der Waals surface area contributed by atoms with Gasteiger partial charge in [0.05, 0.1) is 30.2 Å². The van der Waals surface area contributed by atoms with Gasteiger partial charge in [0.15, 0.2) is 0 Å². The van der Waals surface area contributed by atoms with Gasteiger partial charge in [0.1, 0.15) is 0 Å². The van der Waals surface area contributed by atoms with E-state index in [1.165, 1.54) is 0 Å².